The summed E-state index contributed by atoms with van der Waals surface area (Å²) in [5.41, 5.74) is 1.81. The summed E-state index contributed by atoms with van der Waals surface area (Å²) in [6, 6.07) is 16.1. The molecule has 5 heteroatoms. The Hall–Kier alpha value is -2.87. The number of halogens is 1. The van der Waals surface area contributed by atoms with E-state index in [1.54, 1.807) is 12.1 Å². The molecule has 0 aliphatic carbocycles. The summed E-state index contributed by atoms with van der Waals surface area (Å²) in [5.74, 6) is -0.292. The Bertz CT molecular complexity index is 762. The molecule has 1 heterocycles. The SMILES string of the molecule is N#Cc1ccc(N2CCN(C(=O)Cc3ccccc3)CC2)c(F)c1. The fourth-order valence-electron chi connectivity index (χ4n) is 2.91. The normalized spacial score (nSPS) is 14.3. The Morgan fingerprint density at radius 2 is 1.79 bits per heavy atom. The lowest BCUT2D eigenvalue weighted by atomic mass is 10.1. The topological polar surface area (TPSA) is 47.3 Å². The molecule has 1 aliphatic heterocycles. The molecule has 3 rings (SSSR count). The third-order valence-electron chi connectivity index (χ3n) is 4.25. The number of benzene rings is 2. The van der Waals surface area contributed by atoms with Gasteiger partial charge in [0.2, 0.25) is 5.91 Å². The first kappa shape index (κ1) is 16.0. The number of rotatable bonds is 3. The van der Waals surface area contributed by atoms with E-state index in [9.17, 15) is 9.18 Å². The van der Waals surface area contributed by atoms with Gasteiger partial charge in [-0.1, -0.05) is 30.3 Å². The van der Waals surface area contributed by atoms with Crippen LogP contribution >= 0.6 is 0 Å². The second-order valence-electron chi connectivity index (χ2n) is 5.81. The monoisotopic (exact) mass is 323 g/mol. The quantitative estimate of drug-likeness (QED) is 0.872. The average Bonchev–Trinajstić information content (AvgIpc) is 2.62. The molecule has 0 radical (unpaired) electrons. The van der Waals surface area contributed by atoms with Crippen LogP contribution in [0.5, 0.6) is 0 Å². The molecule has 1 fully saturated rings. The molecule has 122 valence electrons. The van der Waals surface area contributed by atoms with Gasteiger partial charge in [0.15, 0.2) is 0 Å². The van der Waals surface area contributed by atoms with Gasteiger partial charge in [-0.2, -0.15) is 5.26 Å². The lowest BCUT2D eigenvalue weighted by Crippen LogP contribution is -2.49. The highest BCUT2D eigenvalue weighted by Gasteiger charge is 2.22. The molecular formula is C19H18FN3O. The summed E-state index contributed by atoms with van der Waals surface area (Å²) in [4.78, 5) is 16.1. The van der Waals surface area contributed by atoms with Crippen molar-refractivity contribution in [2.45, 2.75) is 6.42 Å². The van der Waals surface area contributed by atoms with Crippen LogP contribution in [0.2, 0.25) is 0 Å². The predicted octanol–water partition coefficient (Wildman–Crippen LogP) is 2.59. The first-order valence-electron chi connectivity index (χ1n) is 7.93. The maximum atomic E-state index is 14.1. The fraction of sp³-hybridized carbons (Fsp3) is 0.263. The molecular weight excluding hydrogens is 305 g/mol. The number of carbonyl (C=O) groups is 1. The molecule has 0 unspecified atom stereocenters. The van der Waals surface area contributed by atoms with Crippen LogP contribution in [0.25, 0.3) is 0 Å². The van der Waals surface area contributed by atoms with E-state index in [1.807, 2.05) is 46.2 Å². The summed E-state index contributed by atoms with van der Waals surface area (Å²) >= 11 is 0. The Labute approximate surface area is 140 Å². The van der Waals surface area contributed by atoms with Crippen molar-refractivity contribution in [3.63, 3.8) is 0 Å². The molecule has 0 spiro atoms. The van der Waals surface area contributed by atoms with Crippen LogP contribution in [0.1, 0.15) is 11.1 Å². The molecule has 0 aromatic heterocycles. The van der Waals surface area contributed by atoms with Gasteiger partial charge >= 0.3 is 0 Å². The van der Waals surface area contributed by atoms with Crippen molar-refractivity contribution >= 4 is 11.6 Å². The minimum Gasteiger partial charge on any atom is -0.366 e. The van der Waals surface area contributed by atoms with Gasteiger partial charge in [0.1, 0.15) is 5.82 Å². The van der Waals surface area contributed by atoms with Gasteiger partial charge in [-0.15, -0.1) is 0 Å². The van der Waals surface area contributed by atoms with Crippen molar-refractivity contribution in [3.8, 4) is 6.07 Å². The summed E-state index contributed by atoms with van der Waals surface area (Å²) in [5, 5.41) is 8.81. The van der Waals surface area contributed by atoms with Gasteiger partial charge < -0.3 is 9.80 Å². The van der Waals surface area contributed by atoms with E-state index in [4.69, 9.17) is 5.26 Å². The second kappa shape index (κ2) is 7.14. The molecule has 2 aromatic carbocycles. The van der Waals surface area contributed by atoms with E-state index >= 15 is 0 Å². The highest BCUT2D eigenvalue weighted by atomic mass is 19.1. The highest BCUT2D eigenvalue weighted by molar-refractivity contribution is 5.79. The van der Waals surface area contributed by atoms with Gasteiger partial charge in [0, 0.05) is 26.2 Å². The number of amides is 1. The van der Waals surface area contributed by atoms with E-state index in [2.05, 4.69) is 0 Å². The summed E-state index contributed by atoms with van der Waals surface area (Å²) in [6.45, 7) is 2.32. The first-order chi connectivity index (χ1) is 11.7. The van der Waals surface area contributed by atoms with Gasteiger partial charge in [-0.05, 0) is 23.8 Å². The van der Waals surface area contributed by atoms with E-state index < -0.39 is 5.82 Å². The minimum absolute atomic E-state index is 0.0983. The largest absolute Gasteiger partial charge is 0.366 e. The number of nitrogens with zero attached hydrogens (tertiary/aromatic N) is 3. The zero-order chi connectivity index (χ0) is 16.9. The van der Waals surface area contributed by atoms with Crippen LogP contribution in [-0.4, -0.2) is 37.0 Å². The first-order valence-corrected chi connectivity index (χ1v) is 7.93. The van der Waals surface area contributed by atoms with Crippen molar-refractivity contribution in [1.29, 1.82) is 5.26 Å². The van der Waals surface area contributed by atoms with Crippen LogP contribution in [0, 0.1) is 17.1 Å². The molecule has 1 saturated heterocycles. The third-order valence-corrected chi connectivity index (χ3v) is 4.25. The van der Waals surface area contributed by atoms with Crippen LogP contribution < -0.4 is 4.90 Å². The van der Waals surface area contributed by atoms with Crippen LogP contribution in [-0.2, 0) is 11.2 Å². The number of hydrogen-bond acceptors (Lipinski definition) is 3. The second-order valence-corrected chi connectivity index (χ2v) is 5.81. The summed E-state index contributed by atoms with van der Waals surface area (Å²) < 4.78 is 14.1. The molecule has 0 atom stereocenters. The third kappa shape index (κ3) is 3.54. The zero-order valence-corrected chi connectivity index (χ0v) is 13.3. The molecule has 1 aliphatic rings. The van der Waals surface area contributed by atoms with Gasteiger partial charge in [0.25, 0.3) is 0 Å². The van der Waals surface area contributed by atoms with Crippen LogP contribution in [0.15, 0.2) is 48.5 Å². The number of nitriles is 1. The molecule has 2 aromatic rings. The van der Waals surface area contributed by atoms with Gasteiger partial charge in [0.05, 0.1) is 23.7 Å². The van der Waals surface area contributed by atoms with Crippen LogP contribution in [0.4, 0.5) is 10.1 Å². The van der Waals surface area contributed by atoms with E-state index in [1.165, 1.54) is 6.07 Å². The number of piperazine rings is 1. The maximum absolute atomic E-state index is 14.1. The standard InChI is InChI=1S/C19H18FN3O/c20-17-12-16(14-21)6-7-18(17)22-8-10-23(11-9-22)19(24)13-15-4-2-1-3-5-15/h1-7,12H,8-11,13H2. The molecule has 0 N–H and O–H groups in total. The lowest BCUT2D eigenvalue weighted by Gasteiger charge is -2.36. The fourth-order valence-corrected chi connectivity index (χ4v) is 2.91. The lowest BCUT2D eigenvalue weighted by molar-refractivity contribution is -0.130. The van der Waals surface area contributed by atoms with Gasteiger partial charge in [-0.3, -0.25) is 4.79 Å². The van der Waals surface area contributed by atoms with Crippen molar-refractivity contribution < 1.29 is 9.18 Å². The highest BCUT2D eigenvalue weighted by Crippen LogP contribution is 2.22. The van der Waals surface area contributed by atoms with Gasteiger partial charge in [-0.25, -0.2) is 4.39 Å². The zero-order valence-electron chi connectivity index (χ0n) is 13.3. The van der Waals surface area contributed by atoms with E-state index in [-0.39, 0.29) is 5.91 Å². The Kier molecular flexibility index (Phi) is 4.76. The Morgan fingerprint density at radius 1 is 1.08 bits per heavy atom. The van der Waals surface area contributed by atoms with Crippen LogP contribution in [0.3, 0.4) is 0 Å². The maximum Gasteiger partial charge on any atom is 0.227 e. The summed E-state index contributed by atoms with van der Waals surface area (Å²) in [7, 11) is 0. The molecule has 0 bridgehead atoms. The molecule has 24 heavy (non-hydrogen) atoms. The molecule has 4 nitrogen and oxygen atoms in total. The predicted molar refractivity (Wildman–Crippen MR) is 90.1 cm³/mol. The van der Waals surface area contributed by atoms with Crippen molar-refractivity contribution in [2.75, 3.05) is 31.1 Å². The Balaban J connectivity index is 1.60. The smallest absolute Gasteiger partial charge is 0.227 e. The molecule has 0 saturated carbocycles. The Morgan fingerprint density at radius 3 is 2.42 bits per heavy atom. The average molecular weight is 323 g/mol. The van der Waals surface area contributed by atoms with Crippen molar-refractivity contribution in [3.05, 3.63) is 65.5 Å². The summed E-state index contributed by atoms with van der Waals surface area (Å²) in [6.07, 6.45) is 0.395. The van der Waals surface area contributed by atoms with E-state index in [0.29, 0.717) is 43.9 Å². The number of carbonyl (C=O) groups excluding carboxylic acids is 1. The van der Waals surface area contributed by atoms with Crippen molar-refractivity contribution in [2.24, 2.45) is 0 Å². The minimum atomic E-state index is -0.391. The number of hydrogen-bond donors (Lipinski definition) is 0. The van der Waals surface area contributed by atoms with E-state index in [0.717, 1.165) is 5.56 Å². The number of anilines is 1. The molecule has 1 amide bonds. The van der Waals surface area contributed by atoms with Crippen molar-refractivity contribution in [1.82, 2.24) is 4.90 Å².